The van der Waals surface area contributed by atoms with Crippen LogP contribution in [0.3, 0.4) is 0 Å². The molecule has 0 fully saturated rings. The van der Waals surface area contributed by atoms with Crippen molar-refractivity contribution in [3.63, 3.8) is 0 Å². The lowest BCUT2D eigenvalue weighted by Crippen LogP contribution is -2.33. The third-order valence-electron chi connectivity index (χ3n) is 4.63. The highest BCUT2D eigenvalue weighted by Crippen LogP contribution is 2.17. The predicted octanol–water partition coefficient (Wildman–Crippen LogP) is 3.04. The standard InChI is InChI=1S/C22H29N3O4S/c1-4-8-17-11-13-19(14-12-17)24-21(26)16-23-22(27)18-9-7-10-20(15-18)30(28,29)25(5-2)6-3/h7,9-15H,4-6,8,16H2,1-3H3,(H,23,27)(H,24,26). The van der Waals surface area contributed by atoms with Gasteiger partial charge in [0, 0.05) is 24.3 Å². The van der Waals surface area contributed by atoms with Gasteiger partial charge in [-0.1, -0.05) is 45.4 Å². The second-order valence-electron chi connectivity index (χ2n) is 6.79. The van der Waals surface area contributed by atoms with Crippen LogP contribution in [0.1, 0.15) is 43.1 Å². The van der Waals surface area contributed by atoms with E-state index in [0.29, 0.717) is 18.8 Å². The molecule has 0 saturated carbocycles. The quantitative estimate of drug-likeness (QED) is 0.604. The number of sulfonamides is 1. The second kappa shape index (κ2) is 10.9. The highest BCUT2D eigenvalue weighted by atomic mass is 32.2. The van der Waals surface area contributed by atoms with Crippen LogP contribution in [0.25, 0.3) is 0 Å². The molecular formula is C22H29N3O4S. The van der Waals surface area contributed by atoms with Crippen LogP contribution >= 0.6 is 0 Å². The first-order valence-corrected chi connectivity index (χ1v) is 11.5. The van der Waals surface area contributed by atoms with Gasteiger partial charge in [0.05, 0.1) is 11.4 Å². The summed E-state index contributed by atoms with van der Waals surface area (Å²) in [4.78, 5) is 24.6. The number of carbonyl (C=O) groups excluding carboxylic acids is 2. The Morgan fingerprint density at radius 1 is 0.967 bits per heavy atom. The predicted molar refractivity (Wildman–Crippen MR) is 118 cm³/mol. The Morgan fingerprint density at radius 3 is 2.23 bits per heavy atom. The van der Waals surface area contributed by atoms with Gasteiger partial charge in [-0.15, -0.1) is 0 Å². The number of benzene rings is 2. The average Bonchev–Trinajstić information content (AvgIpc) is 2.74. The maximum atomic E-state index is 12.6. The Balaban J connectivity index is 1.98. The summed E-state index contributed by atoms with van der Waals surface area (Å²) in [5.74, 6) is -0.876. The molecule has 2 amide bonds. The lowest BCUT2D eigenvalue weighted by molar-refractivity contribution is -0.115. The number of aryl methyl sites for hydroxylation is 1. The fourth-order valence-corrected chi connectivity index (χ4v) is 4.53. The fraction of sp³-hybridized carbons (Fsp3) is 0.364. The lowest BCUT2D eigenvalue weighted by Gasteiger charge is -2.18. The van der Waals surface area contributed by atoms with Crippen LogP contribution in [-0.2, 0) is 21.2 Å². The molecule has 162 valence electrons. The zero-order valence-corrected chi connectivity index (χ0v) is 18.5. The van der Waals surface area contributed by atoms with Gasteiger partial charge in [-0.2, -0.15) is 4.31 Å². The molecular weight excluding hydrogens is 402 g/mol. The topological polar surface area (TPSA) is 95.6 Å². The van der Waals surface area contributed by atoms with Crippen molar-refractivity contribution in [2.75, 3.05) is 25.0 Å². The maximum absolute atomic E-state index is 12.6. The van der Waals surface area contributed by atoms with Gasteiger partial charge in [-0.05, 0) is 42.3 Å². The van der Waals surface area contributed by atoms with E-state index in [1.807, 2.05) is 24.3 Å². The van der Waals surface area contributed by atoms with Crippen molar-refractivity contribution < 1.29 is 18.0 Å². The Hall–Kier alpha value is -2.71. The first-order valence-electron chi connectivity index (χ1n) is 10.1. The molecule has 2 aromatic rings. The zero-order chi connectivity index (χ0) is 22.1. The molecule has 2 rings (SSSR count). The maximum Gasteiger partial charge on any atom is 0.251 e. The average molecular weight is 432 g/mol. The number of hydrogen-bond acceptors (Lipinski definition) is 4. The molecule has 8 heteroatoms. The molecule has 0 bridgehead atoms. The Labute approximate surface area is 178 Å². The molecule has 30 heavy (non-hydrogen) atoms. The van der Waals surface area contributed by atoms with Crippen molar-refractivity contribution in [3.8, 4) is 0 Å². The molecule has 2 N–H and O–H groups in total. The van der Waals surface area contributed by atoms with E-state index in [9.17, 15) is 18.0 Å². The molecule has 0 atom stereocenters. The van der Waals surface area contributed by atoms with Crippen LogP contribution < -0.4 is 10.6 Å². The molecule has 0 aliphatic carbocycles. The summed E-state index contributed by atoms with van der Waals surface area (Å²) in [7, 11) is -3.66. The van der Waals surface area contributed by atoms with E-state index in [0.717, 1.165) is 12.8 Å². The van der Waals surface area contributed by atoms with E-state index in [1.165, 1.54) is 34.1 Å². The SMILES string of the molecule is CCCc1ccc(NC(=O)CNC(=O)c2cccc(S(=O)(=O)N(CC)CC)c2)cc1. The van der Waals surface area contributed by atoms with E-state index in [2.05, 4.69) is 17.6 Å². The van der Waals surface area contributed by atoms with Crippen LogP contribution in [0.15, 0.2) is 53.4 Å². The zero-order valence-electron chi connectivity index (χ0n) is 17.6. The van der Waals surface area contributed by atoms with Gasteiger partial charge in [0.15, 0.2) is 0 Å². The van der Waals surface area contributed by atoms with Gasteiger partial charge in [0.2, 0.25) is 15.9 Å². The van der Waals surface area contributed by atoms with Crippen molar-refractivity contribution in [2.24, 2.45) is 0 Å². The highest BCUT2D eigenvalue weighted by molar-refractivity contribution is 7.89. The molecule has 0 aromatic heterocycles. The number of amides is 2. The minimum atomic E-state index is -3.66. The van der Waals surface area contributed by atoms with Crippen LogP contribution in [0.2, 0.25) is 0 Å². The van der Waals surface area contributed by atoms with Crippen molar-refractivity contribution in [1.82, 2.24) is 9.62 Å². The lowest BCUT2D eigenvalue weighted by atomic mass is 10.1. The number of nitrogens with one attached hydrogen (secondary N) is 2. The van der Waals surface area contributed by atoms with Gasteiger partial charge < -0.3 is 10.6 Å². The fourth-order valence-electron chi connectivity index (χ4n) is 3.02. The van der Waals surface area contributed by atoms with E-state index in [1.54, 1.807) is 13.8 Å². The number of anilines is 1. The number of carbonyl (C=O) groups is 2. The van der Waals surface area contributed by atoms with Crippen LogP contribution in [-0.4, -0.2) is 44.2 Å². The number of nitrogens with zero attached hydrogens (tertiary/aromatic N) is 1. The molecule has 0 aliphatic heterocycles. The molecule has 0 unspecified atom stereocenters. The third kappa shape index (κ3) is 6.14. The van der Waals surface area contributed by atoms with Gasteiger partial charge in [-0.3, -0.25) is 9.59 Å². The van der Waals surface area contributed by atoms with E-state index in [-0.39, 0.29) is 22.9 Å². The molecule has 7 nitrogen and oxygen atoms in total. The van der Waals surface area contributed by atoms with Gasteiger partial charge in [0.1, 0.15) is 0 Å². The summed E-state index contributed by atoms with van der Waals surface area (Å²) in [6, 6.07) is 13.4. The van der Waals surface area contributed by atoms with Crippen LogP contribution in [0.4, 0.5) is 5.69 Å². The van der Waals surface area contributed by atoms with Crippen molar-refractivity contribution in [1.29, 1.82) is 0 Å². The molecule has 0 spiro atoms. The highest BCUT2D eigenvalue weighted by Gasteiger charge is 2.22. The number of rotatable bonds is 10. The first-order chi connectivity index (χ1) is 14.3. The second-order valence-corrected chi connectivity index (χ2v) is 8.73. The summed E-state index contributed by atoms with van der Waals surface area (Å²) in [5, 5.41) is 5.25. The summed E-state index contributed by atoms with van der Waals surface area (Å²) >= 11 is 0. The number of hydrogen-bond donors (Lipinski definition) is 2. The van der Waals surface area contributed by atoms with E-state index >= 15 is 0 Å². The molecule has 2 aromatic carbocycles. The molecule has 0 saturated heterocycles. The molecule has 0 radical (unpaired) electrons. The van der Waals surface area contributed by atoms with Crippen molar-refractivity contribution in [2.45, 2.75) is 38.5 Å². The van der Waals surface area contributed by atoms with Crippen molar-refractivity contribution in [3.05, 3.63) is 59.7 Å². The van der Waals surface area contributed by atoms with Gasteiger partial charge >= 0.3 is 0 Å². The Morgan fingerprint density at radius 2 is 1.63 bits per heavy atom. The summed E-state index contributed by atoms with van der Waals surface area (Å²) in [6.45, 7) is 6.08. The molecule has 0 heterocycles. The summed E-state index contributed by atoms with van der Waals surface area (Å²) in [6.07, 6.45) is 2.03. The van der Waals surface area contributed by atoms with E-state index in [4.69, 9.17) is 0 Å². The van der Waals surface area contributed by atoms with E-state index < -0.39 is 15.9 Å². The Bertz CT molecular complexity index is 968. The largest absolute Gasteiger partial charge is 0.343 e. The van der Waals surface area contributed by atoms with Crippen LogP contribution in [0, 0.1) is 0 Å². The van der Waals surface area contributed by atoms with Crippen LogP contribution in [0.5, 0.6) is 0 Å². The summed E-state index contributed by atoms with van der Waals surface area (Å²) in [5.41, 5.74) is 2.03. The first kappa shape index (κ1) is 23.6. The minimum absolute atomic E-state index is 0.0514. The molecule has 0 aliphatic rings. The third-order valence-corrected chi connectivity index (χ3v) is 6.67. The summed E-state index contributed by atoms with van der Waals surface area (Å²) < 4.78 is 26.6. The van der Waals surface area contributed by atoms with Gasteiger partial charge in [0.25, 0.3) is 5.91 Å². The van der Waals surface area contributed by atoms with Gasteiger partial charge in [-0.25, -0.2) is 8.42 Å². The van der Waals surface area contributed by atoms with Crippen molar-refractivity contribution >= 4 is 27.5 Å². The normalized spacial score (nSPS) is 11.3. The minimum Gasteiger partial charge on any atom is -0.343 e. The monoisotopic (exact) mass is 431 g/mol. The Kier molecular flexibility index (Phi) is 8.56. The smallest absolute Gasteiger partial charge is 0.251 e.